The maximum absolute atomic E-state index is 12.3. The van der Waals surface area contributed by atoms with Crippen molar-refractivity contribution in [3.05, 3.63) is 40.4 Å². The average molecular weight is 413 g/mol. The Hall–Kier alpha value is -1.18. The van der Waals surface area contributed by atoms with Gasteiger partial charge in [-0.2, -0.15) is 0 Å². The molecule has 0 bridgehead atoms. The van der Waals surface area contributed by atoms with E-state index in [0.717, 1.165) is 29.5 Å². The normalized spacial score (nSPS) is 24.5. The van der Waals surface area contributed by atoms with Gasteiger partial charge in [-0.05, 0) is 30.2 Å². The smallest absolute Gasteiger partial charge is 0.246 e. The second-order valence-electron chi connectivity index (χ2n) is 6.30. The Bertz CT molecular complexity index is 723. The number of carbonyl (C=O) groups is 1. The van der Waals surface area contributed by atoms with Gasteiger partial charge in [-0.15, -0.1) is 0 Å². The van der Waals surface area contributed by atoms with E-state index in [-0.39, 0.29) is 17.7 Å². The molecule has 1 aromatic rings. The van der Waals surface area contributed by atoms with Crippen molar-refractivity contribution in [2.45, 2.75) is 12.5 Å². The van der Waals surface area contributed by atoms with Crippen LogP contribution in [0.25, 0.3) is 6.08 Å². The van der Waals surface area contributed by atoms with E-state index >= 15 is 0 Å². The van der Waals surface area contributed by atoms with Gasteiger partial charge < -0.3 is 4.90 Å². The molecule has 0 radical (unpaired) electrons. The number of hydrogen-bond donors (Lipinski definition) is 0. The van der Waals surface area contributed by atoms with E-state index in [1.54, 1.807) is 6.08 Å². The Morgan fingerprint density at radius 3 is 2.38 bits per heavy atom. The Kier molecular flexibility index (Phi) is 5.42. The Labute approximate surface area is 151 Å². The molecule has 2 heterocycles. The molecule has 7 heteroatoms. The van der Waals surface area contributed by atoms with Crippen LogP contribution in [-0.2, 0) is 14.6 Å². The molecule has 3 rings (SSSR count). The van der Waals surface area contributed by atoms with Crippen molar-refractivity contribution >= 4 is 37.8 Å². The van der Waals surface area contributed by atoms with Crippen LogP contribution in [0, 0.1) is 0 Å². The van der Waals surface area contributed by atoms with Gasteiger partial charge >= 0.3 is 0 Å². The first-order valence-electron chi connectivity index (χ1n) is 8.10. The van der Waals surface area contributed by atoms with Gasteiger partial charge in [0.15, 0.2) is 9.84 Å². The maximum atomic E-state index is 12.3. The summed E-state index contributed by atoms with van der Waals surface area (Å²) in [6, 6.07) is 7.92. The van der Waals surface area contributed by atoms with E-state index in [2.05, 4.69) is 20.8 Å². The van der Waals surface area contributed by atoms with Gasteiger partial charge in [-0.3, -0.25) is 9.69 Å². The second kappa shape index (κ2) is 7.37. The number of hydrogen-bond acceptors (Lipinski definition) is 4. The summed E-state index contributed by atoms with van der Waals surface area (Å²) in [4.78, 5) is 16.3. The van der Waals surface area contributed by atoms with E-state index in [9.17, 15) is 13.2 Å². The molecule has 1 atom stereocenters. The maximum Gasteiger partial charge on any atom is 0.246 e. The molecule has 1 aromatic carbocycles. The monoisotopic (exact) mass is 412 g/mol. The minimum absolute atomic E-state index is 0.0108. The van der Waals surface area contributed by atoms with Crippen molar-refractivity contribution < 1.29 is 13.2 Å². The summed E-state index contributed by atoms with van der Waals surface area (Å²) in [5, 5.41) is 0. The molecule has 2 saturated heterocycles. The van der Waals surface area contributed by atoms with Gasteiger partial charge in [0.1, 0.15) is 0 Å². The minimum Gasteiger partial charge on any atom is -0.337 e. The van der Waals surface area contributed by atoms with E-state index in [0.29, 0.717) is 18.8 Å². The van der Waals surface area contributed by atoms with Crippen molar-refractivity contribution in [1.29, 1.82) is 0 Å². The van der Waals surface area contributed by atoms with E-state index in [4.69, 9.17) is 0 Å². The number of benzene rings is 1. The zero-order valence-corrected chi connectivity index (χ0v) is 15.8. The van der Waals surface area contributed by atoms with Gasteiger partial charge in [0.05, 0.1) is 11.5 Å². The molecule has 130 valence electrons. The third-order valence-electron chi connectivity index (χ3n) is 4.64. The summed E-state index contributed by atoms with van der Waals surface area (Å²) in [6.07, 6.45) is 4.16. The van der Waals surface area contributed by atoms with Crippen LogP contribution < -0.4 is 0 Å². The van der Waals surface area contributed by atoms with Crippen LogP contribution in [0.1, 0.15) is 12.0 Å². The van der Waals surface area contributed by atoms with Crippen molar-refractivity contribution in [2.75, 3.05) is 37.7 Å². The molecule has 0 unspecified atom stereocenters. The van der Waals surface area contributed by atoms with Gasteiger partial charge in [0.25, 0.3) is 0 Å². The third-order valence-corrected chi connectivity index (χ3v) is 6.92. The highest BCUT2D eigenvalue weighted by Gasteiger charge is 2.34. The quantitative estimate of drug-likeness (QED) is 0.710. The third kappa shape index (κ3) is 4.46. The van der Waals surface area contributed by atoms with Crippen LogP contribution in [-0.4, -0.2) is 67.9 Å². The first-order chi connectivity index (χ1) is 11.4. The highest BCUT2D eigenvalue weighted by molar-refractivity contribution is 9.10. The van der Waals surface area contributed by atoms with Crippen molar-refractivity contribution in [2.24, 2.45) is 0 Å². The van der Waals surface area contributed by atoms with Gasteiger partial charge in [-0.1, -0.05) is 28.1 Å². The summed E-state index contributed by atoms with van der Waals surface area (Å²) in [5.41, 5.74) is 0.987. The number of amides is 1. The lowest BCUT2D eigenvalue weighted by Crippen LogP contribution is -2.52. The molecular formula is C17H21BrN2O3S. The highest BCUT2D eigenvalue weighted by Crippen LogP contribution is 2.19. The van der Waals surface area contributed by atoms with Crippen LogP contribution in [0.15, 0.2) is 34.8 Å². The molecule has 0 N–H and O–H groups in total. The SMILES string of the molecule is O=C(/C=C/c1ccc(Br)cc1)N1CCN([C@H]2CCS(=O)(=O)C2)CC1. The molecule has 24 heavy (non-hydrogen) atoms. The molecular weight excluding hydrogens is 392 g/mol. The Morgan fingerprint density at radius 1 is 1.12 bits per heavy atom. The zero-order valence-electron chi connectivity index (χ0n) is 13.4. The van der Waals surface area contributed by atoms with Crippen LogP contribution in [0.5, 0.6) is 0 Å². The van der Waals surface area contributed by atoms with Gasteiger partial charge in [-0.25, -0.2) is 8.42 Å². The zero-order chi connectivity index (χ0) is 17.2. The van der Waals surface area contributed by atoms with Crippen molar-refractivity contribution in [3.8, 4) is 0 Å². The Balaban J connectivity index is 1.51. The summed E-state index contributed by atoms with van der Waals surface area (Å²) in [6.45, 7) is 2.80. The van der Waals surface area contributed by atoms with Crippen LogP contribution >= 0.6 is 15.9 Å². The first-order valence-corrected chi connectivity index (χ1v) is 10.7. The summed E-state index contributed by atoms with van der Waals surface area (Å²) < 4.78 is 24.2. The molecule has 0 aliphatic carbocycles. The standard InChI is InChI=1S/C17H21BrN2O3S/c18-15-4-1-14(2-5-15)3-6-17(21)20-10-8-19(9-11-20)16-7-12-24(22,23)13-16/h1-6,16H,7-13H2/b6-3+/t16-/m0/s1. The number of carbonyl (C=O) groups excluding carboxylic acids is 1. The van der Waals surface area contributed by atoms with E-state index in [1.807, 2.05) is 35.2 Å². The number of piperazine rings is 1. The second-order valence-corrected chi connectivity index (χ2v) is 9.45. The highest BCUT2D eigenvalue weighted by atomic mass is 79.9. The van der Waals surface area contributed by atoms with Gasteiger partial charge in [0.2, 0.25) is 5.91 Å². The fraction of sp³-hybridized carbons (Fsp3) is 0.471. The lowest BCUT2D eigenvalue weighted by Gasteiger charge is -2.37. The molecule has 0 spiro atoms. The fourth-order valence-corrected chi connectivity index (χ4v) is 5.24. The lowest BCUT2D eigenvalue weighted by molar-refractivity contribution is -0.127. The molecule has 1 amide bonds. The van der Waals surface area contributed by atoms with E-state index in [1.165, 1.54) is 0 Å². The van der Waals surface area contributed by atoms with Crippen LogP contribution in [0.3, 0.4) is 0 Å². The van der Waals surface area contributed by atoms with E-state index < -0.39 is 9.84 Å². The van der Waals surface area contributed by atoms with Crippen LogP contribution in [0.2, 0.25) is 0 Å². The van der Waals surface area contributed by atoms with Crippen LogP contribution in [0.4, 0.5) is 0 Å². The molecule has 0 aromatic heterocycles. The number of halogens is 1. The molecule has 2 aliphatic heterocycles. The molecule has 5 nitrogen and oxygen atoms in total. The topological polar surface area (TPSA) is 57.7 Å². The fourth-order valence-electron chi connectivity index (χ4n) is 3.22. The largest absolute Gasteiger partial charge is 0.337 e. The average Bonchev–Trinajstić information content (AvgIpc) is 2.94. The van der Waals surface area contributed by atoms with Crippen molar-refractivity contribution in [1.82, 2.24) is 9.80 Å². The summed E-state index contributed by atoms with van der Waals surface area (Å²) >= 11 is 3.39. The van der Waals surface area contributed by atoms with Crippen molar-refractivity contribution in [3.63, 3.8) is 0 Å². The molecule has 2 aliphatic rings. The lowest BCUT2D eigenvalue weighted by atomic mass is 10.2. The number of rotatable bonds is 3. The predicted octanol–water partition coefficient (Wildman–Crippen LogP) is 1.79. The minimum atomic E-state index is -2.85. The molecule has 2 fully saturated rings. The summed E-state index contributed by atoms with van der Waals surface area (Å²) in [5.74, 6) is 0.577. The molecule has 0 saturated carbocycles. The predicted molar refractivity (Wildman–Crippen MR) is 98.4 cm³/mol. The summed E-state index contributed by atoms with van der Waals surface area (Å²) in [7, 11) is -2.85. The van der Waals surface area contributed by atoms with Gasteiger partial charge in [0, 0.05) is 42.8 Å². The Morgan fingerprint density at radius 2 is 1.79 bits per heavy atom. The first kappa shape index (κ1) is 17.6. The number of sulfone groups is 1. The number of nitrogens with zero attached hydrogens (tertiary/aromatic N) is 2.